The van der Waals surface area contributed by atoms with Crippen molar-refractivity contribution in [3.63, 3.8) is 0 Å². The first-order valence-electron chi connectivity index (χ1n) is 6.91. The molecule has 188 valence electrons. The fraction of sp³-hybridized carbons (Fsp3) is 0.833. The second-order valence-corrected chi connectivity index (χ2v) is 4.99. The minimum absolute atomic E-state index is 0. The molecule has 0 fully saturated rings. The standard InChI is InChI=1S/2C6H12O7.Ca.4H2O/c2*7-1-2(8)3(9)4(10)5(11)6(12)13;;;;;/h2*2-5,7-11H,1H2,(H,12,13);;4*1H2/q;;+2;;;;/p-2/t2*2-,3-,4+,5-;;;;;/m11...../s1. The van der Waals surface area contributed by atoms with Gasteiger partial charge in [0, 0.05) is 0 Å². The first-order valence-corrected chi connectivity index (χ1v) is 6.91. The Morgan fingerprint density at radius 3 is 0.871 bits per heavy atom. The number of aliphatic hydroxyl groups excluding tert-OH is 10. The van der Waals surface area contributed by atoms with Crippen LogP contribution in [0, 0.1) is 0 Å². The number of carbonyl (C=O) groups excluding carboxylic acids is 2. The van der Waals surface area contributed by atoms with Crippen LogP contribution in [-0.2, 0) is 9.59 Å². The summed E-state index contributed by atoms with van der Waals surface area (Å²) in [5, 5.41) is 107. The zero-order chi connectivity index (χ0) is 21.2. The van der Waals surface area contributed by atoms with Crippen molar-refractivity contribution in [2.24, 2.45) is 0 Å². The maximum absolute atomic E-state index is 9.98. The molecule has 0 rings (SSSR count). The van der Waals surface area contributed by atoms with Gasteiger partial charge in [-0.25, -0.2) is 0 Å². The van der Waals surface area contributed by atoms with Crippen LogP contribution in [0.5, 0.6) is 0 Å². The van der Waals surface area contributed by atoms with E-state index in [1.165, 1.54) is 0 Å². The number of aliphatic hydroxyl groups is 10. The molecule has 0 radical (unpaired) electrons. The van der Waals surface area contributed by atoms with E-state index in [0.29, 0.717) is 0 Å². The minimum Gasteiger partial charge on any atom is -0.547 e. The van der Waals surface area contributed by atoms with E-state index in [-0.39, 0.29) is 59.6 Å². The third kappa shape index (κ3) is 17.8. The number of carboxylic acid groups (broad SMARTS) is 2. The van der Waals surface area contributed by atoms with E-state index in [2.05, 4.69) is 0 Å². The second-order valence-electron chi connectivity index (χ2n) is 4.99. The van der Waals surface area contributed by atoms with E-state index in [4.69, 9.17) is 51.1 Å². The molecule has 0 saturated heterocycles. The van der Waals surface area contributed by atoms with Crippen molar-refractivity contribution in [2.75, 3.05) is 13.2 Å². The first-order chi connectivity index (χ1) is 11.8. The van der Waals surface area contributed by atoms with Gasteiger partial charge in [0.15, 0.2) is 0 Å². The average molecular weight is 502 g/mol. The summed E-state index contributed by atoms with van der Waals surface area (Å²) in [7, 11) is 0. The summed E-state index contributed by atoms with van der Waals surface area (Å²) in [6.07, 6.45) is -16.2. The zero-order valence-corrected chi connectivity index (χ0v) is 18.1. The molecule has 0 spiro atoms. The Morgan fingerprint density at radius 1 is 0.548 bits per heavy atom. The summed E-state index contributed by atoms with van der Waals surface area (Å²) < 4.78 is 0. The van der Waals surface area contributed by atoms with Gasteiger partial charge in [0.25, 0.3) is 0 Å². The van der Waals surface area contributed by atoms with Crippen molar-refractivity contribution < 1.29 is 92.8 Å². The van der Waals surface area contributed by atoms with Crippen molar-refractivity contribution >= 4 is 49.7 Å². The molecule has 0 aromatic rings. The maximum Gasteiger partial charge on any atom is 2.00 e. The quantitative estimate of drug-likeness (QED) is 0.124. The third-order valence-electron chi connectivity index (χ3n) is 2.99. The van der Waals surface area contributed by atoms with Crippen molar-refractivity contribution in [1.82, 2.24) is 0 Å². The topological polar surface area (TPSA) is 409 Å². The van der Waals surface area contributed by atoms with Crippen LogP contribution in [0.1, 0.15) is 0 Å². The van der Waals surface area contributed by atoms with Crippen LogP contribution >= 0.6 is 0 Å². The van der Waals surface area contributed by atoms with Gasteiger partial charge in [-0.3, -0.25) is 0 Å². The molecule has 0 amide bonds. The Hall–Kier alpha value is -0.360. The van der Waals surface area contributed by atoms with E-state index in [0.717, 1.165) is 0 Å². The van der Waals surface area contributed by atoms with Crippen LogP contribution < -0.4 is 10.2 Å². The average Bonchev–Trinajstić information content (AvgIpc) is 2.62. The van der Waals surface area contributed by atoms with Crippen LogP contribution in [0.25, 0.3) is 0 Å². The van der Waals surface area contributed by atoms with Crippen LogP contribution in [0.3, 0.4) is 0 Å². The molecule has 0 aromatic heterocycles. The molecule has 31 heavy (non-hydrogen) atoms. The summed E-state index contributed by atoms with van der Waals surface area (Å²) in [6, 6.07) is 0. The van der Waals surface area contributed by atoms with Gasteiger partial charge in [-0.1, -0.05) is 0 Å². The van der Waals surface area contributed by atoms with Gasteiger partial charge in [0.05, 0.1) is 25.2 Å². The van der Waals surface area contributed by atoms with E-state index < -0.39 is 74.0 Å². The van der Waals surface area contributed by atoms with Crippen LogP contribution in [-0.4, -0.2) is 185 Å². The summed E-state index contributed by atoms with van der Waals surface area (Å²) >= 11 is 0. The fourth-order valence-electron chi connectivity index (χ4n) is 1.32. The number of carbonyl (C=O) groups is 2. The number of hydrogen-bond acceptors (Lipinski definition) is 14. The van der Waals surface area contributed by atoms with E-state index in [9.17, 15) is 19.8 Å². The van der Waals surface area contributed by atoms with Gasteiger partial charge in [0.1, 0.15) is 48.8 Å². The van der Waals surface area contributed by atoms with Crippen molar-refractivity contribution in [1.29, 1.82) is 0 Å². The van der Waals surface area contributed by atoms with E-state index >= 15 is 0 Å². The first kappa shape index (κ1) is 48.2. The molecular weight excluding hydrogens is 472 g/mol. The van der Waals surface area contributed by atoms with E-state index in [1.807, 2.05) is 0 Å². The van der Waals surface area contributed by atoms with Gasteiger partial charge in [-0.15, -0.1) is 0 Å². The SMILES string of the molecule is O.O.O.O.O=C([O-])[C@H](O)[C@@H](O)[C@H](O)[C@H](O)CO.O=C([O-])[C@H](O)[C@@H](O)[C@H](O)[C@H](O)CO.[Ca+2]. The predicted molar refractivity (Wildman–Crippen MR) is 92.4 cm³/mol. The van der Waals surface area contributed by atoms with Gasteiger partial charge >= 0.3 is 37.7 Å². The normalized spacial score (nSPS) is 17.1. The smallest absolute Gasteiger partial charge is 0.547 e. The fourth-order valence-corrected chi connectivity index (χ4v) is 1.32. The summed E-state index contributed by atoms with van der Waals surface area (Å²) in [6.45, 7) is -1.73. The molecule has 0 aliphatic heterocycles. The predicted octanol–water partition coefficient (Wildman–Crippen LogP) is -13.3. The maximum atomic E-state index is 9.98. The Kier molecular flexibility index (Phi) is 37.7. The Bertz CT molecular complexity index is 388. The van der Waals surface area contributed by atoms with Crippen LogP contribution in [0.2, 0.25) is 0 Å². The van der Waals surface area contributed by atoms with Gasteiger partial charge in [-0.2, -0.15) is 0 Å². The molecule has 18 N–H and O–H groups in total. The Labute approximate surface area is 204 Å². The summed E-state index contributed by atoms with van der Waals surface area (Å²) in [5.74, 6) is -3.95. The number of rotatable bonds is 10. The van der Waals surface area contributed by atoms with Crippen LogP contribution in [0.4, 0.5) is 0 Å². The third-order valence-corrected chi connectivity index (χ3v) is 2.99. The molecule has 0 saturated carbocycles. The molecule has 0 unspecified atom stereocenters. The summed E-state index contributed by atoms with van der Waals surface area (Å²) in [4.78, 5) is 20.0. The number of hydrogen-bond donors (Lipinski definition) is 10. The molecule has 8 atom stereocenters. The molecule has 0 aliphatic rings. The Morgan fingerprint density at radius 2 is 0.742 bits per heavy atom. The molecule has 0 aliphatic carbocycles. The number of aliphatic carboxylic acids is 2. The minimum atomic E-state index is -2.31. The number of carboxylic acids is 2. The van der Waals surface area contributed by atoms with Gasteiger partial charge in [-0.05, 0) is 0 Å². The molecule has 0 aromatic carbocycles. The van der Waals surface area contributed by atoms with Crippen molar-refractivity contribution in [3.8, 4) is 0 Å². The van der Waals surface area contributed by atoms with Gasteiger partial charge in [0.2, 0.25) is 0 Å². The summed E-state index contributed by atoms with van der Waals surface area (Å²) in [5.41, 5.74) is 0. The molecule has 0 heterocycles. The molecule has 19 heteroatoms. The monoisotopic (exact) mass is 502 g/mol. The second kappa shape index (κ2) is 24.3. The van der Waals surface area contributed by atoms with Crippen LogP contribution in [0.15, 0.2) is 0 Å². The van der Waals surface area contributed by atoms with Gasteiger partial charge < -0.3 is 92.8 Å². The largest absolute Gasteiger partial charge is 2.00 e. The van der Waals surface area contributed by atoms with E-state index in [1.54, 1.807) is 0 Å². The molecular formula is C12H30CaO18. The Balaban J connectivity index is -0.0000000640. The van der Waals surface area contributed by atoms with Crippen molar-refractivity contribution in [3.05, 3.63) is 0 Å². The molecule has 18 nitrogen and oxygen atoms in total. The molecule has 0 bridgehead atoms. The zero-order valence-electron chi connectivity index (χ0n) is 15.8. The van der Waals surface area contributed by atoms with Crippen molar-refractivity contribution in [2.45, 2.75) is 48.8 Å².